The van der Waals surface area contributed by atoms with Gasteiger partial charge in [-0.05, 0) is 6.42 Å². The predicted molar refractivity (Wildman–Crippen MR) is 73.3 cm³/mol. The zero-order chi connectivity index (χ0) is 12.8. The molecule has 103 valence electrons. The van der Waals surface area contributed by atoms with Crippen LogP contribution >= 0.6 is 0 Å². The number of ether oxygens (including phenoxy) is 1. The van der Waals surface area contributed by atoms with Gasteiger partial charge in [-0.25, -0.2) is 0 Å². The Balaban J connectivity index is 2.94. The van der Waals surface area contributed by atoms with E-state index in [1.807, 2.05) is 6.92 Å². The summed E-state index contributed by atoms with van der Waals surface area (Å²) >= 11 is 0. The van der Waals surface area contributed by atoms with Crippen LogP contribution in [0.5, 0.6) is 0 Å². The largest absolute Gasteiger partial charge is 0.361 e. The molecule has 0 amide bonds. The molecule has 0 spiro atoms. The molecule has 0 fully saturated rings. The molecule has 0 saturated carbocycles. The molecule has 0 aliphatic carbocycles. The molecule has 17 heavy (non-hydrogen) atoms. The Morgan fingerprint density at radius 1 is 0.765 bits per heavy atom. The van der Waals surface area contributed by atoms with E-state index in [1.165, 1.54) is 57.8 Å². The summed E-state index contributed by atoms with van der Waals surface area (Å²) in [6.07, 6.45) is 14.1. The van der Waals surface area contributed by atoms with Gasteiger partial charge in [0.25, 0.3) is 0 Å². The van der Waals surface area contributed by atoms with Gasteiger partial charge in [0.05, 0.1) is 6.61 Å². The molecule has 0 heterocycles. The normalized spacial score (nSPS) is 11.3. The fraction of sp³-hybridized carbons (Fsp3) is 0.933. The van der Waals surface area contributed by atoms with E-state index in [0.29, 0.717) is 13.0 Å². The first kappa shape index (κ1) is 16.9. The molecule has 0 aromatic carbocycles. The molecule has 2 nitrogen and oxygen atoms in total. The quantitative estimate of drug-likeness (QED) is 0.451. The van der Waals surface area contributed by atoms with Crippen LogP contribution in [0.3, 0.4) is 0 Å². The molecule has 0 atom stereocenters. The molecule has 0 unspecified atom stereocenters. The highest BCUT2D eigenvalue weighted by Crippen LogP contribution is 2.11. The Morgan fingerprint density at radius 2 is 1.24 bits per heavy atom. The smallest absolute Gasteiger partial charge is 0.220 e. The maximum atomic E-state index is 9.10. The van der Waals surface area contributed by atoms with E-state index in [-0.39, 0.29) is 6.29 Å². The Hall–Kier alpha value is -0.0800. The minimum atomic E-state index is 0.181. The lowest BCUT2D eigenvalue weighted by Crippen LogP contribution is -2.02. The van der Waals surface area contributed by atoms with Crippen molar-refractivity contribution >= 4 is 0 Å². The van der Waals surface area contributed by atoms with Crippen molar-refractivity contribution in [1.82, 2.24) is 0 Å². The second-order valence-electron chi connectivity index (χ2n) is 4.78. The van der Waals surface area contributed by atoms with Crippen molar-refractivity contribution in [2.24, 2.45) is 0 Å². The Morgan fingerprint density at radius 3 is 1.71 bits per heavy atom. The summed E-state index contributed by atoms with van der Waals surface area (Å²) < 4.78 is 5.14. The van der Waals surface area contributed by atoms with Gasteiger partial charge in [0, 0.05) is 6.42 Å². The number of unbranched alkanes of at least 4 members (excludes halogenated alkanes) is 9. The van der Waals surface area contributed by atoms with E-state index in [1.54, 1.807) is 0 Å². The molecule has 0 aliphatic heterocycles. The molecule has 1 radical (unpaired) electrons. The summed E-state index contributed by atoms with van der Waals surface area (Å²) in [5, 5.41) is 9.10. The minimum Gasteiger partial charge on any atom is -0.361 e. The summed E-state index contributed by atoms with van der Waals surface area (Å²) in [5.41, 5.74) is 0. The fourth-order valence-electron chi connectivity index (χ4n) is 1.88. The summed E-state index contributed by atoms with van der Waals surface area (Å²) in [5.74, 6) is 0. The van der Waals surface area contributed by atoms with Crippen LogP contribution in [0.4, 0.5) is 0 Å². The van der Waals surface area contributed by atoms with Crippen molar-refractivity contribution < 1.29 is 9.84 Å². The maximum Gasteiger partial charge on any atom is 0.220 e. The van der Waals surface area contributed by atoms with E-state index >= 15 is 0 Å². The van der Waals surface area contributed by atoms with Crippen molar-refractivity contribution in [2.45, 2.75) is 84.5 Å². The number of hydrogen-bond acceptors (Lipinski definition) is 2. The molecular formula is C15H31O2. The summed E-state index contributed by atoms with van der Waals surface area (Å²) in [6.45, 7) is 4.83. The summed E-state index contributed by atoms with van der Waals surface area (Å²) in [6, 6.07) is 0. The molecule has 0 rings (SSSR count). The molecule has 0 aromatic heterocycles. The molecule has 0 saturated heterocycles. The zero-order valence-corrected chi connectivity index (χ0v) is 11.8. The molecule has 2 heteroatoms. The highest BCUT2D eigenvalue weighted by molar-refractivity contribution is 4.56. The number of aliphatic hydroxyl groups excluding tert-OH is 1. The van der Waals surface area contributed by atoms with Crippen LogP contribution in [0.25, 0.3) is 0 Å². The van der Waals surface area contributed by atoms with Gasteiger partial charge >= 0.3 is 0 Å². The summed E-state index contributed by atoms with van der Waals surface area (Å²) in [4.78, 5) is 0. The van der Waals surface area contributed by atoms with Gasteiger partial charge in [0.15, 0.2) is 0 Å². The second-order valence-corrected chi connectivity index (χ2v) is 4.78. The van der Waals surface area contributed by atoms with Crippen molar-refractivity contribution in [2.75, 3.05) is 6.61 Å². The third-order valence-corrected chi connectivity index (χ3v) is 3.07. The number of aliphatic hydroxyl groups is 1. The lowest BCUT2D eigenvalue weighted by atomic mass is 10.1. The Bertz CT molecular complexity index is 137. The highest BCUT2D eigenvalue weighted by atomic mass is 16.6. The van der Waals surface area contributed by atoms with Gasteiger partial charge in [0.1, 0.15) is 0 Å². The zero-order valence-electron chi connectivity index (χ0n) is 11.8. The average molecular weight is 243 g/mol. The first-order chi connectivity index (χ1) is 8.31. The second kappa shape index (κ2) is 14.0. The van der Waals surface area contributed by atoms with E-state index in [2.05, 4.69) is 6.92 Å². The summed E-state index contributed by atoms with van der Waals surface area (Å²) in [7, 11) is 0. The lowest BCUT2D eigenvalue weighted by Gasteiger charge is -2.07. The van der Waals surface area contributed by atoms with Crippen LogP contribution in [-0.2, 0) is 4.74 Å². The van der Waals surface area contributed by atoms with Crippen LogP contribution in [0, 0.1) is 6.29 Å². The topological polar surface area (TPSA) is 29.5 Å². The fourth-order valence-corrected chi connectivity index (χ4v) is 1.88. The van der Waals surface area contributed by atoms with Crippen LogP contribution in [0.15, 0.2) is 0 Å². The van der Waals surface area contributed by atoms with Gasteiger partial charge in [-0.3, -0.25) is 0 Å². The van der Waals surface area contributed by atoms with Gasteiger partial charge in [-0.1, -0.05) is 71.6 Å². The van der Waals surface area contributed by atoms with E-state index < -0.39 is 0 Å². The third-order valence-electron chi connectivity index (χ3n) is 3.07. The van der Waals surface area contributed by atoms with Gasteiger partial charge in [-0.15, -0.1) is 0 Å². The van der Waals surface area contributed by atoms with Crippen LogP contribution in [0.2, 0.25) is 0 Å². The molecule has 0 aliphatic rings. The van der Waals surface area contributed by atoms with Gasteiger partial charge in [0.2, 0.25) is 6.29 Å². The third kappa shape index (κ3) is 13.9. The van der Waals surface area contributed by atoms with E-state index in [4.69, 9.17) is 9.84 Å². The van der Waals surface area contributed by atoms with Crippen molar-refractivity contribution in [1.29, 1.82) is 0 Å². The van der Waals surface area contributed by atoms with E-state index in [9.17, 15) is 0 Å². The lowest BCUT2D eigenvalue weighted by molar-refractivity contribution is 0.000118. The molecular weight excluding hydrogens is 212 g/mol. The minimum absolute atomic E-state index is 0.181. The number of rotatable bonds is 13. The van der Waals surface area contributed by atoms with Crippen molar-refractivity contribution in [3.05, 3.63) is 6.29 Å². The van der Waals surface area contributed by atoms with E-state index in [0.717, 1.165) is 6.42 Å². The monoisotopic (exact) mass is 243 g/mol. The Labute approximate surface area is 108 Å². The van der Waals surface area contributed by atoms with Crippen LogP contribution in [0.1, 0.15) is 84.5 Å². The van der Waals surface area contributed by atoms with Crippen molar-refractivity contribution in [3.63, 3.8) is 0 Å². The first-order valence-electron chi connectivity index (χ1n) is 7.48. The standard InChI is InChI=1S/C15H31O2/c1-3-5-6-7-8-9-10-11-12-13-14-17-15(16)4-2/h16H,3-14H2,1-2H3. The average Bonchev–Trinajstić information content (AvgIpc) is 2.35. The van der Waals surface area contributed by atoms with Crippen LogP contribution in [-0.4, -0.2) is 11.7 Å². The van der Waals surface area contributed by atoms with Gasteiger partial charge < -0.3 is 9.84 Å². The van der Waals surface area contributed by atoms with Crippen LogP contribution < -0.4 is 0 Å². The highest BCUT2D eigenvalue weighted by Gasteiger charge is 2.00. The first-order valence-corrected chi connectivity index (χ1v) is 7.48. The Kier molecular flexibility index (Phi) is 13.9. The molecule has 0 aromatic rings. The van der Waals surface area contributed by atoms with Crippen molar-refractivity contribution in [3.8, 4) is 0 Å². The SMILES string of the molecule is CCCCCCCCCCCCO[C](O)CC. The predicted octanol–water partition coefficient (Wildman–Crippen LogP) is 5.20. The molecule has 0 bridgehead atoms. The number of hydrogen-bond donors (Lipinski definition) is 1. The maximum absolute atomic E-state index is 9.10. The molecule has 1 N–H and O–H groups in total. The van der Waals surface area contributed by atoms with Gasteiger partial charge in [-0.2, -0.15) is 0 Å².